The van der Waals surface area contributed by atoms with Crippen LogP contribution < -0.4 is 4.72 Å². The summed E-state index contributed by atoms with van der Waals surface area (Å²) in [5.41, 5.74) is -2.03. The lowest BCUT2D eigenvalue weighted by molar-refractivity contribution is -0.384. The Hall–Kier alpha value is -2.95. The quantitative estimate of drug-likeness (QED) is 0.153. The molecular weight excluding hydrogens is 489 g/mol. The number of unbranched alkanes of at least 4 members (excludes halogenated alkanes) is 4. The van der Waals surface area contributed by atoms with Gasteiger partial charge in [-0.2, -0.15) is 4.72 Å². The van der Waals surface area contributed by atoms with Crippen molar-refractivity contribution in [2.45, 2.75) is 69.1 Å². The van der Waals surface area contributed by atoms with E-state index < -0.39 is 39.4 Å². The van der Waals surface area contributed by atoms with Crippen LogP contribution in [-0.2, 0) is 28.9 Å². The fraction of sp³-hybridized carbons (Fsp3) is 0.565. The third-order valence-corrected chi connectivity index (χ3v) is 7.02. The molecular formula is C23H32BN3O8S. The summed E-state index contributed by atoms with van der Waals surface area (Å²) >= 11 is 0. The van der Waals surface area contributed by atoms with Crippen molar-refractivity contribution in [3.63, 3.8) is 0 Å². The molecule has 0 spiro atoms. The van der Waals surface area contributed by atoms with Crippen LogP contribution >= 0.6 is 0 Å². The number of nitrogens with zero attached hydrogens (tertiary/aromatic N) is 2. The van der Waals surface area contributed by atoms with E-state index in [1.54, 1.807) is 7.05 Å². The first-order valence-corrected chi connectivity index (χ1v) is 13.4. The number of non-ortho nitro benzene ring substituents is 1. The van der Waals surface area contributed by atoms with E-state index >= 15 is 0 Å². The average molecular weight is 521 g/mol. The van der Waals surface area contributed by atoms with E-state index in [2.05, 4.69) is 16.6 Å². The first-order valence-electron chi connectivity index (χ1n) is 11.9. The van der Waals surface area contributed by atoms with Crippen molar-refractivity contribution in [3.05, 3.63) is 34.4 Å². The Morgan fingerprint density at radius 2 is 1.67 bits per heavy atom. The van der Waals surface area contributed by atoms with Crippen molar-refractivity contribution in [1.29, 1.82) is 0 Å². The molecule has 36 heavy (non-hydrogen) atoms. The SMILES string of the molecule is CCCCC#CC(CCCCC)(NS(=O)(=O)c1ccc([N+](=O)[O-])cc1)B1OC(=O)CN(C)CC(=O)O1. The van der Waals surface area contributed by atoms with Gasteiger partial charge in [-0.1, -0.05) is 45.5 Å². The zero-order valence-corrected chi connectivity index (χ0v) is 21.6. The van der Waals surface area contributed by atoms with E-state index in [9.17, 15) is 28.1 Å². The Morgan fingerprint density at radius 3 is 2.19 bits per heavy atom. The minimum atomic E-state index is -4.32. The predicted octanol–water partition coefficient (Wildman–Crippen LogP) is 2.45. The van der Waals surface area contributed by atoms with Gasteiger partial charge in [0.2, 0.25) is 10.0 Å². The van der Waals surface area contributed by atoms with Crippen molar-refractivity contribution < 1.29 is 32.2 Å². The molecule has 1 aliphatic heterocycles. The molecule has 13 heteroatoms. The van der Waals surface area contributed by atoms with E-state index in [1.165, 1.54) is 4.90 Å². The zero-order chi connectivity index (χ0) is 26.8. The summed E-state index contributed by atoms with van der Waals surface area (Å²) in [4.78, 5) is 36.5. The summed E-state index contributed by atoms with van der Waals surface area (Å²) < 4.78 is 40.3. The number of benzene rings is 1. The minimum Gasteiger partial charge on any atom is -0.496 e. The molecule has 1 N–H and O–H groups in total. The van der Waals surface area contributed by atoms with Gasteiger partial charge in [0, 0.05) is 18.6 Å². The maximum Gasteiger partial charge on any atom is 0.634 e. The highest BCUT2D eigenvalue weighted by molar-refractivity contribution is 7.89. The molecule has 1 fully saturated rings. The molecule has 0 radical (unpaired) electrons. The molecule has 2 rings (SSSR count). The van der Waals surface area contributed by atoms with Crippen LogP contribution in [0.2, 0.25) is 0 Å². The van der Waals surface area contributed by atoms with Gasteiger partial charge in [-0.25, -0.2) is 8.42 Å². The lowest BCUT2D eigenvalue weighted by Gasteiger charge is -2.34. The molecule has 0 aliphatic carbocycles. The highest BCUT2D eigenvalue weighted by Crippen LogP contribution is 2.26. The molecule has 196 valence electrons. The molecule has 1 aromatic rings. The number of hydrogen-bond donors (Lipinski definition) is 1. The van der Waals surface area contributed by atoms with Crippen LogP contribution in [0.5, 0.6) is 0 Å². The van der Waals surface area contributed by atoms with Gasteiger partial charge in [0.05, 0.1) is 22.9 Å². The Labute approximate surface area is 212 Å². The van der Waals surface area contributed by atoms with Crippen molar-refractivity contribution in [2.75, 3.05) is 20.1 Å². The third-order valence-electron chi connectivity index (χ3n) is 5.49. The van der Waals surface area contributed by atoms with Crippen LogP contribution in [0.3, 0.4) is 0 Å². The van der Waals surface area contributed by atoms with E-state index in [0.29, 0.717) is 12.8 Å². The van der Waals surface area contributed by atoms with Gasteiger partial charge >= 0.3 is 19.1 Å². The van der Waals surface area contributed by atoms with Crippen LogP contribution in [0.25, 0.3) is 0 Å². The number of nitrogens with one attached hydrogen (secondary N) is 1. The van der Waals surface area contributed by atoms with Crippen molar-refractivity contribution >= 4 is 34.8 Å². The molecule has 1 aliphatic rings. The Kier molecular flexibility index (Phi) is 10.9. The van der Waals surface area contributed by atoms with E-state index in [-0.39, 0.29) is 30.1 Å². The maximum absolute atomic E-state index is 13.4. The molecule has 1 aromatic carbocycles. The number of rotatable bonds is 11. The molecule has 0 amide bonds. The minimum absolute atomic E-state index is 0.104. The topological polar surface area (TPSA) is 145 Å². The smallest absolute Gasteiger partial charge is 0.496 e. The second-order valence-corrected chi connectivity index (χ2v) is 10.4. The van der Waals surface area contributed by atoms with Gasteiger partial charge in [-0.15, -0.1) is 5.92 Å². The summed E-state index contributed by atoms with van der Waals surface area (Å²) in [5, 5.41) is 11.0. The predicted molar refractivity (Wildman–Crippen MR) is 133 cm³/mol. The van der Waals surface area contributed by atoms with E-state index in [0.717, 1.165) is 49.9 Å². The van der Waals surface area contributed by atoms with Crippen molar-refractivity contribution in [3.8, 4) is 11.8 Å². The summed E-state index contributed by atoms with van der Waals surface area (Å²) in [5.74, 6) is 4.51. The van der Waals surface area contributed by atoms with Crippen LogP contribution in [0.4, 0.5) is 5.69 Å². The second-order valence-electron chi connectivity index (χ2n) is 8.67. The monoisotopic (exact) mass is 521 g/mol. The fourth-order valence-electron chi connectivity index (χ4n) is 3.58. The number of sulfonamides is 1. The number of hydrogen-bond acceptors (Lipinski definition) is 9. The molecule has 0 aromatic heterocycles. The lowest BCUT2D eigenvalue weighted by atomic mass is 9.62. The number of likely N-dealkylation sites (N-methyl/N-ethyl adjacent to an activating group) is 1. The molecule has 1 atom stereocenters. The van der Waals surface area contributed by atoms with Gasteiger partial charge < -0.3 is 9.31 Å². The molecule has 1 saturated heterocycles. The number of nitro groups is 1. The average Bonchev–Trinajstić information content (AvgIpc) is 2.80. The standard InChI is InChI=1S/C23H32BN3O8S/c1-4-6-8-10-16-23(15-9-7-5-2,24-34-21(28)17-26(3)18-22(29)35-24)25-36(32,33)20-13-11-19(12-14-20)27(30)31/h11-14,25H,4-9,15,17-18H2,1-3H3. The molecule has 0 saturated carbocycles. The number of nitro benzene ring substituents is 1. The van der Waals surface area contributed by atoms with Crippen molar-refractivity contribution in [2.24, 2.45) is 0 Å². The summed E-state index contributed by atoms with van der Waals surface area (Å²) in [6.07, 6.45) is 4.26. The summed E-state index contributed by atoms with van der Waals surface area (Å²) in [7, 11) is -4.39. The molecule has 0 bridgehead atoms. The maximum atomic E-state index is 13.4. The molecule has 1 heterocycles. The lowest BCUT2D eigenvalue weighted by Crippen LogP contribution is -2.63. The largest absolute Gasteiger partial charge is 0.634 e. The van der Waals surface area contributed by atoms with Gasteiger partial charge in [0.25, 0.3) is 5.69 Å². The number of carbonyl (C=O) groups excluding carboxylic acids is 2. The highest BCUT2D eigenvalue weighted by atomic mass is 32.2. The number of carbonyl (C=O) groups is 2. The summed E-state index contributed by atoms with van der Waals surface area (Å²) in [6.45, 7) is 3.59. The third kappa shape index (κ3) is 8.32. The van der Waals surface area contributed by atoms with Gasteiger partial charge in [-0.3, -0.25) is 24.6 Å². The molecule has 11 nitrogen and oxygen atoms in total. The van der Waals surface area contributed by atoms with Crippen molar-refractivity contribution in [1.82, 2.24) is 9.62 Å². The van der Waals surface area contributed by atoms with Gasteiger partial charge in [0.15, 0.2) is 5.44 Å². The molecule has 1 unspecified atom stereocenters. The Balaban J connectivity index is 2.57. The van der Waals surface area contributed by atoms with Gasteiger partial charge in [-0.05, 0) is 32.0 Å². The fourth-order valence-corrected chi connectivity index (χ4v) is 4.93. The zero-order valence-electron chi connectivity index (χ0n) is 20.8. The highest BCUT2D eigenvalue weighted by Gasteiger charge is 2.54. The van der Waals surface area contributed by atoms with E-state index in [4.69, 9.17) is 9.31 Å². The van der Waals surface area contributed by atoms with Crippen LogP contribution in [-0.4, -0.2) is 62.9 Å². The van der Waals surface area contributed by atoms with Gasteiger partial charge in [0.1, 0.15) is 0 Å². The Morgan fingerprint density at radius 1 is 1.08 bits per heavy atom. The van der Waals surface area contributed by atoms with Crippen LogP contribution in [0.1, 0.15) is 58.8 Å². The second kappa shape index (κ2) is 13.4. The normalized spacial score (nSPS) is 16.6. The first kappa shape index (κ1) is 29.3. The van der Waals surface area contributed by atoms with Crippen LogP contribution in [0, 0.1) is 22.0 Å². The van der Waals surface area contributed by atoms with E-state index in [1.807, 2.05) is 13.8 Å². The first-order chi connectivity index (χ1) is 17.0. The summed E-state index contributed by atoms with van der Waals surface area (Å²) in [6, 6.07) is 4.36. The Bertz CT molecular complexity index is 1080. The van der Waals surface area contributed by atoms with Crippen LogP contribution in [0.15, 0.2) is 29.2 Å².